The summed E-state index contributed by atoms with van der Waals surface area (Å²) in [4.78, 5) is 18.8. The van der Waals surface area contributed by atoms with Crippen LogP contribution in [0.15, 0.2) is 49.2 Å². The van der Waals surface area contributed by atoms with E-state index in [1.165, 1.54) is 10.9 Å². The van der Waals surface area contributed by atoms with Crippen molar-refractivity contribution >= 4 is 34.0 Å². The molecule has 0 radical (unpaired) electrons. The molecule has 4 rings (SSSR count). The van der Waals surface area contributed by atoms with Crippen LogP contribution in [0.3, 0.4) is 0 Å². The number of nitrogens with zero attached hydrogens (tertiary/aromatic N) is 4. The van der Waals surface area contributed by atoms with Gasteiger partial charge >= 0.3 is 6.18 Å². The Morgan fingerprint density at radius 3 is 2.61 bits per heavy atom. The molecule has 2 N–H and O–H groups in total. The molecular weight excluding hydrogens is 469 g/mol. The average molecular weight is 499 g/mol. The monoisotopic (exact) mass is 498 g/mol. The second-order valence-electron chi connectivity index (χ2n) is 8.95. The average Bonchev–Trinajstić information content (AvgIpc) is 3.28. The zero-order valence-electron chi connectivity index (χ0n) is 20.3. The highest BCUT2D eigenvalue weighted by molar-refractivity contribution is 6.01. The summed E-state index contributed by atoms with van der Waals surface area (Å²) in [6.07, 6.45) is 2.05. The van der Waals surface area contributed by atoms with Gasteiger partial charge in [0.1, 0.15) is 5.69 Å². The first-order chi connectivity index (χ1) is 17.1. The maximum atomic E-state index is 13.6. The van der Waals surface area contributed by atoms with Crippen LogP contribution in [0.1, 0.15) is 34.7 Å². The maximum Gasteiger partial charge on any atom is 0.417 e. The van der Waals surface area contributed by atoms with E-state index in [1.807, 2.05) is 6.07 Å². The molecule has 10 heteroatoms. The molecule has 1 amide bonds. The Kier molecular flexibility index (Phi) is 7.44. The number of benzene rings is 1. The highest BCUT2D eigenvalue weighted by atomic mass is 19.4. The van der Waals surface area contributed by atoms with Gasteiger partial charge in [-0.15, -0.1) is 0 Å². The fraction of sp³-hybridized carbons (Fsp3) is 0.346. The van der Waals surface area contributed by atoms with Crippen LogP contribution in [0.4, 0.5) is 18.9 Å². The molecule has 0 spiro atoms. The van der Waals surface area contributed by atoms with Crippen LogP contribution in [0.2, 0.25) is 0 Å². The van der Waals surface area contributed by atoms with E-state index in [4.69, 9.17) is 0 Å². The molecule has 0 bridgehead atoms. The molecule has 190 valence electrons. The van der Waals surface area contributed by atoms with E-state index in [0.717, 1.165) is 31.6 Å². The molecule has 0 unspecified atom stereocenters. The van der Waals surface area contributed by atoms with Crippen LogP contribution in [-0.4, -0.2) is 64.5 Å². The summed E-state index contributed by atoms with van der Waals surface area (Å²) in [5.74, 6) is -0.304. The third kappa shape index (κ3) is 5.76. The summed E-state index contributed by atoms with van der Waals surface area (Å²) in [6, 6.07) is 8.84. The summed E-state index contributed by atoms with van der Waals surface area (Å²) >= 11 is 0. The molecule has 3 aromatic rings. The van der Waals surface area contributed by atoms with Gasteiger partial charge in [-0.1, -0.05) is 24.8 Å². The number of halogens is 3. The number of hydrogen-bond acceptors (Lipinski definition) is 5. The second-order valence-corrected chi connectivity index (χ2v) is 8.95. The largest absolute Gasteiger partial charge is 0.417 e. The predicted molar refractivity (Wildman–Crippen MR) is 136 cm³/mol. The van der Waals surface area contributed by atoms with Crippen molar-refractivity contribution in [3.63, 3.8) is 0 Å². The lowest BCUT2D eigenvalue weighted by molar-refractivity contribution is -0.0688. The Morgan fingerprint density at radius 1 is 1.19 bits per heavy atom. The van der Waals surface area contributed by atoms with Gasteiger partial charge in [0, 0.05) is 42.3 Å². The Balaban J connectivity index is 1.62. The zero-order chi connectivity index (χ0) is 25.9. The fourth-order valence-electron chi connectivity index (χ4n) is 4.26. The molecule has 1 aromatic carbocycles. The Morgan fingerprint density at radius 2 is 1.94 bits per heavy atom. The third-order valence-corrected chi connectivity index (χ3v) is 6.32. The van der Waals surface area contributed by atoms with Crippen molar-refractivity contribution in [2.24, 2.45) is 7.05 Å². The minimum atomic E-state index is -4.61. The third-order valence-electron chi connectivity index (χ3n) is 6.32. The Labute approximate surface area is 207 Å². The number of piperidine rings is 1. The van der Waals surface area contributed by atoms with Crippen LogP contribution < -0.4 is 10.6 Å². The van der Waals surface area contributed by atoms with E-state index >= 15 is 0 Å². The lowest BCUT2D eigenvalue weighted by atomic mass is 10.00. The van der Waals surface area contributed by atoms with Gasteiger partial charge in [-0.05, 0) is 57.3 Å². The van der Waals surface area contributed by atoms with E-state index in [2.05, 4.69) is 39.2 Å². The molecular formula is C26H29F3N6O. The number of fused-ring (bicyclic) bond motifs is 1. The number of carbonyl (C=O) groups excluding carboxylic acids is 1. The van der Waals surface area contributed by atoms with Crippen LogP contribution in [-0.2, 0) is 7.05 Å². The van der Waals surface area contributed by atoms with E-state index in [9.17, 15) is 18.0 Å². The SMILES string of the molecule is C=C(c1nc(/C=C/CNC(=O)c2ccnn2C)cc2c(NC3CCN(C)CC3)cccc12)C(F)(F)F. The fourth-order valence-corrected chi connectivity index (χ4v) is 4.26. The standard InChI is InChI=1S/C26H29F3N6O/c1-17(26(27,28)29)24-20-7-4-8-22(32-18-10-14-34(2)15-11-18)21(20)16-19(33-24)6-5-12-30-25(36)23-9-13-31-35(23)3/h4-9,13,16,18,32H,1,10-12,14-15H2,2-3H3,(H,30,36)/b6-5+. The highest BCUT2D eigenvalue weighted by Gasteiger charge is 2.35. The van der Waals surface area contributed by atoms with Gasteiger partial charge in [0.15, 0.2) is 0 Å². The molecule has 1 aliphatic heterocycles. The van der Waals surface area contributed by atoms with Crippen molar-refractivity contribution in [1.29, 1.82) is 0 Å². The van der Waals surface area contributed by atoms with Crippen molar-refractivity contribution in [3.05, 3.63) is 66.3 Å². The van der Waals surface area contributed by atoms with Crippen LogP contribution >= 0.6 is 0 Å². The van der Waals surface area contributed by atoms with Gasteiger partial charge in [0.25, 0.3) is 5.91 Å². The summed E-state index contributed by atoms with van der Waals surface area (Å²) in [7, 11) is 3.74. The van der Waals surface area contributed by atoms with Gasteiger partial charge < -0.3 is 15.5 Å². The summed E-state index contributed by atoms with van der Waals surface area (Å²) in [5, 5.41) is 11.3. The quantitative estimate of drug-likeness (QED) is 0.502. The molecule has 1 aliphatic rings. The Bertz CT molecular complexity index is 1290. The molecule has 0 atom stereocenters. The number of aryl methyl sites for hydroxylation is 1. The topological polar surface area (TPSA) is 75.1 Å². The van der Waals surface area contributed by atoms with E-state index in [-0.39, 0.29) is 24.2 Å². The first kappa shape index (κ1) is 25.4. The lowest BCUT2D eigenvalue weighted by Gasteiger charge is -2.30. The minimum absolute atomic E-state index is 0.175. The van der Waals surface area contributed by atoms with Gasteiger partial charge in [-0.25, -0.2) is 4.98 Å². The zero-order valence-corrected chi connectivity index (χ0v) is 20.3. The second kappa shape index (κ2) is 10.5. The van der Waals surface area contributed by atoms with Gasteiger partial charge in [0.05, 0.1) is 17.0 Å². The van der Waals surface area contributed by atoms with E-state index < -0.39 is 11.7 Å². The first-order valence-corrected chi connectivity index (χ1v) is 11.7. The summed E-state index contributed by atoms with van der Waals surface area (Å²) in [6.45, 7) is 5.38. The number of pyridine rings is 1. The number of anilines is 1. The van der Waals surface area contributed by atoms with Crippen LogP contribution in [0.5, 0.6) is 0 Å². The van der Waals surface area contributed by atoms with E-state index in [1.54, 1.807) is 43.5 Å². The van der Waals surface area contributed by atoms with Crippen molar-refractivity contribution in [2.75, 3.05) is 32.0 Å². The molecule has 7 nitrogen and oxygen atoms in total. The molecule has 3 heterocycles. The van der Waals surface area contributed by atoms with E-state index in [0.29, 0.717) is 22.2 Å². The van der Waals surface area contributed by atoms with Crippen LogP contribution in [0.25, 0.3) is 22.4 Å². The molecule has 0 saturated carbocycles. The smallest absolute Gasteiger partial charge is 0.382 e. The number of likely N-dealkylation sites (tertiary alicyclic amines) is 1. The van der Waals surface area contributed by atoms with Gasteiger partial charge in [-0.2, -0.15) is 18.3 Å². The number of rotatable bonds is 7. The molecule has 1 saturated heterocycles. The number of carbonyl (C=O) groups is 1. The molecule has 2 aromatic heterocycles. The van der Waals surface area contributed by atoms with Crippen molar-refractivity contribution in [3.8, 4) is 0 Å². The lowest BCUT2D eigenvalue weighted by Crippen LogP contribution is -2.36. The maximum absolute atomic E-state index is 13.6. The van der Waals surface area contributed by atoms with Crippen molar-refractivity contribution < 1.29 is 18.0 Å². The summed E-state index contributed by atoms with van der Waals surface area (Å²) in [5.41, 5.74) is 0.310. The number of alkyl halides is 3. The first-order valence-electron chi connectivity index (χ1n) is 11.7. The molecule has 1 fully saturated rings. The van der Waals surface area contributed by atoms with Gasteiger partial charge in [0.2, 0.25) is 0 Å². The predicted octanol–water partition coefficient (Wildman–Crippen LogP) is 4.49. The minimum Gasteiger partial charge on any atom is -0.382 e. The summed E-state index contributed by atoms with van der Waals surface area (Å²) < 4.78 is 42.4. The number of amides is 1. The number of aromatic nitrogens is 3. The van der Waals surface area contributed by atoms with Crippen LogP contribution in [0, 0.1) is 0 Å². The number of nitrogens with one attached hydrogen (secondary N) is 2. The Hall–Kier alpha value is -3.66. The van der Waals surface area contributed by atoms with Gasteiger partial charge in [-0.3, -0.25) is 9.48 Å². The molecule has 36 heavy (non-hydrogen) atoms. The van der Waals surface area contributed by atoms with Crippen molar-refractivity contribution in [2.45, 2.75) is 25.1 Å². The number of allylic oxidation sites excluding steroid dienone is 1. The normalized spacial score (nSPS) is 15.5. The highest BCUT2D eigenvalue weighted by Crippen LogP contribution is 2.37. The number of hydrogen-bond donors (Lipinski definition) is 2. The van der Waals surface area contributed by atoms with Crippen molar-refractivity contribution in [1.82, 2.24) is 25.0 Å². The molecule has 0 aliphatic carbocycles.